The third kappa shape index (κ3) is 7.46. The second-order valence-electron chi connectivity index (χ2n) is 13.3. The molecular formula is C39H39Cl2N5O4S. The molecule has 0 saturated carbocycles. The molecule has 9 nitrogen and oxygen atoms in total. The standard InChI is InChI=1S/C39H39Cl2N5O4S/c1-22-19-29(44-38(50-2)25(22)9-4-8-24-14-15-33(47)43-24)28-12-5-11-27(36(28)41)26-10-3-7-23(35(26)40)20-30-37-32(16-17-42-30)51-34(45-37)21-46-18-6-13-31(46)39(48)49/h3,5,7,10-12,16-17,19,24,31H,4,6,8-9,13-15,18,20-21H2,1-2H3,(H,43,47)(H,48,49)/t24-,31-/m1/s1. The highest BCUT2D eigenvalue weighted by molar-refractivity contribution is 7.18. The maximum Gasteiger partial charge on any atom is 0.320 e. The highest BCUT2D eigenvalue weighted by Crippen LogP contribution is 2.41. The molecule has 12 heteroatoms. The molecule has 2 N–H and O–H groups in total. The van der Waals surface area contributed by atoms with Crippen LogP contribution in [0.5, 0.6) is 5.88 Å². The number of amides is 1. The minimum atomic E-state index is -0.778. The zero-order chi connectivity index (χ0) is 35.6. The SMILES string of the molecule is COc1nc(-c2cccc(-c3cccc(Cc4nccc5sc(CN6CCC[C@@H]6C(=O)O)nc45)c3Cl)c2Cl)cc(C)c1CCC[C@@H]1CCC(=O)N1. The minimum absolute atomic E-state index is 0.138. The Bertz CT molecular complexity index is 2120. The van der Waals surface area contributed by atoms with Gasteiger partial charge in [-0.15, -0.1) is 11.3 Å². The molecule has 7 rings (SSSR count). The average Bonchev–Trinajstić information content (AvgIpc) is 3.87. The smallest absolute Gasteiger partial charge is 0.320 e. The molecule has 5 aromatic rings. The van der Waals surface area contributed by atoms with Crippen LogP contribution in [0.3, 0.4) is 0 Å². The molecule has 0 spiro atoms. The van der Waals surface area contributed by atoms with Crippen LogP contribution < -0.4 is 10.1 Å². The molecule has 2 aromatic carbocycles. The maximum absolute atomic E-state index is 11.7. The van der Waals surface area contributed by atoms with Gasteiger partial charge in [0.15, 0.2) is 0 Å². The molecule has 2 atom stereocenters. The molecule has 264 valence electrons. The lowest BCUT2D eigenvalue weighted by molar-refractivity contribution is -0.142. The number of carbonyl (C=O) groups is 2. The van der Waals surface area contributed by atoms with E-state index in [1.54, 1.807) is 24.6 Å². The summed E-state index contributed by atoms with van der Waals surface area (Å²) < 4.78 is 6.78. The van der Waals surface area contributed by atoms with E-state index in [4.69, 9.17) is 42.9 Å². The minimum Gasteiger partial charge on any atom is -0.481 e. The number of aryl methyl sites for hydroxylation is 1. The second-order valence-corrected chi connectivity index (χ2v) is 15.2. The molecule has 2 aliphatic heterocycles. The van der Waals surface area contributed by atoms with E-state index in [0.717, 1.165) is 92.9 Å². The summed E-state index contributed by atoms with van der Waals surface area (Å²) in [5, 5.41) is 14.7. The number of aliphatic carboxylic acids is 1. The Hall–Kier alpha value is -4.09. The van der Waals surface area contributed by atoms with Crippen molar-refractivity contribution in [2.24, 2.45) is 0 Å². The van der Waals surface area contributed by atoms with Crippen LogP contribution in [0.1, 0.15) is 65.9 Å². The number of ether oxygens (including phenoxy) is 1. The largest absolute Gasteiger partial charge is 0.481 e. The predicted molar refractivity (Wildman–Crippen MR) is 202 cm³/mol. The van der Waals surface area contributed by atoms with Gasteiger partial charge in [-0.3, -0.25) is 19.5 Å². The highest BCUT2D eigenvalue weighted by atomic mass is 35.5. The van der Waals surface area contributed by atoms with E-state index >= 15 is 0 Å². The average molecular weight is 745 g/mol. The molecule has 5 heterocycles. The lowest BCUT2D eigenvalue weighted by Gasteiger charge is -2.19. The van der Waals surface area contributed by atoms with Gasteiger partial charge in [-0.05, 0) is 75.3 Å². The van der Waals surface area contributed by atoms with Gasteiger partial charge in [-0.1, -0.05) is 59.6 Å². The van der Waals surface area contributed by atoms with Crippen molar-refractivity contribution < 1.29 is 19.4 Å². The number of rotatable bonds is 12. The van der Waals surface area contributed by atoms with Crippen molar-refractivity contribution in [3.05, 3.63) is 92.2 Å². The Labute approximate surface area is 311 Å². The number of hydrogen-bond acceptors (Lipinski definition) is 8. The molecule has 3 aromatic heterocycles. The Morgan fingerprint density at radius 3 is 2.63 bits per heavy atom. The summed E-state index contributed by atoms with van der Waals surface area (Å²) >= 11 is 15.9. The first-order chi connectivity index (χ1) is 24.7. The number of carboxylic acids is 1. The Morgan fingerprint density at radius 1 is 1.08 bits per heavy atom. The third-order valence-electron chi connectivity index (χ3n) is 9.98. The van der Waals surface area contributed by atoms with Crippen molar-refractivity contribution in [3.63, 3.8) is 0 Å². The maximum atomic E-state index is 11.7. The van der Waals surface area contributed by atoms with Crippen LogP contribution >= 0.6 is 34.5 Å². The van der Waals surface area contributed by atoms with Crippen LogP contribution in [0.4, 0.5) is 0 Å². The fourth-order valence-corrected chi connectivity index (χ4v) is 8.99. The number of methoxy groups -OCH3 is 1. The van der Waals surface area contributed by atoms with E-state index in [-0.39, 0.29) is 11.9 Å². The lowest BCUT2D eigenvalue weighted by Crippen LogP contribution is -2.35. The molecule has 2 aliphatic rings. The Morgan fingerprint density at radius 2 is 1.86 bits per heavy atom. The number of pyridine rings is 2. The monoisotopic (exact) mass is 743 g/mol. The molecule has 1 amide bonds. The number of carboxylic acid groups (broad SMARTS) is 1. The van der Waals surface area contributed by atoms with Gasteiger partial charge in [0.05, 0.1) is 39.8 Å². The molecule has 0 unspecified atom stereocenters. The van der Waals surface area contributed by atoms with E-state index in [9.17, 15) is 14.7 Å². The molecule has 0 radical (unpaired) electrons. The first-order valence-corrected chi connectivity index (χ1v) is 18.9. The number of nitrogens with zero attached hydrogens (tertiary/aromatic N) is 4. The van der Waals surface area contributed by atoms with Gasteiger partial charge < -0.3 is 15.2 Å². The van der Waals surface area contributed by atoms with Crippen LogP contribution in [0.25, 0.3) is 32.6 Å². The fraction of sp³-hybridized carbons (Fsp3) is 0.359. The first kappa shape index (κ1) is 35.3. The summed E-state index contributed by atoms with van der Waals surface area (Å²) in [6, 6.07) is 15.6. The summed E-state index contributed by atoms with van der Waals surface area (Å²) in [5.74, 6) is -0.0610. The topological polar surface area (TPSA) is 118 Å². The molecule has 2 fully saturated rings. The number of benzene rings is 2. The van der Waals surface area contributed by atoms with Crippen LogP contribution in [-0.4, -0.2) is 62.6 Å². The van der Waals surface area contributed by atoms with Crippen molar-refractivity contribution in [3.8, 4) is 28.3 Å². The van der Waals surface area contributed by atoms with E-state index < -0.39 is 12.0 Å². The van der Waals surface area contributed by atoms with Crippen LogP contribution in [0, 0.1) is 6.92 Å². The van der Waals surface area contributed by atoms with Crippen LogP contribution in [0.15, 0.2) is 54.7 Å². The first-order valence-electron chi connectivity index (χ1n) is 17.3. The van der Waals surface area contributed by atoms with Crippen molar-refractivity contribution in [2.45, 2.75) is 76.9 Å². The summed E-state index contributed by atoms with van der Waals surface area (Å²) in [6.45, 7) is 3.32. The van der Waals surface area contributed by atoms with Gasteiger partial charge in [-0.25, -0.2) is 9.97 Å². The summed E-state index contributed by atoms with van der Waals surface area (Å²) in [6.07, 6.45) is 7.95. The number of fused-ring (bicyclic) bond motifs is 1. The molecule has 51 heavy (non-hydrogen) atoms. The van der Waals surface area contributed by atoms with Gasteiger partial charge >= 0.3 is 5.97 Å². The number of thiazole rings is 1. The van der Waals surface area contributed by atoms with Crippen molar-refractivity contribution >= 4 is 56.6 Å². The number of aromatic nitrogens is 3. The normalized spacial score (nSPS) is 17.7. The van der Waals surface area contributed by atoms with Crippen LogP contribution in [0.2, 0.25) is 10.0 Å². The summed E-state index contributed by atoms with van der Waals surface area (Å²) in [4.78, 5) is 39.8. The van der Waals surface area contributed by atoms with E-state index in [1.807, 2.05) is 47.4 Å². The third-order valence-corrected chi connectivity index (χ3v) is 11.8. The zero-order valence-electron chi connectivity index (χ0n) is 28.5. The molecular weight excluding hydrogens is 705 g/mol. The number of halogens is 2. The molecule has 2 saturated heterocycles. The quantitative estimate of drug-likeness (QED) is 0.131. The van der Waals surface area contributed by atoms with Gasteiger partial charge in [0, 0.05) is 47.3 Å². The number of likely N-dealkylation sites (tertiary alicyclic amines) is 1. The van der Waals surface area contributed by atoms with Gasteiger partial charge in [0.1, 0.15) is 16.6 Å². The van der Waals surface area contributed by atoms with Crippen molar-refractivity contribution in [1.29, 1.82) is 0 Å². The van der Waals surface area contributed by atoms with E-state index in [2.05, 4.69) is 18.3 Å². The number of carbonyl (C=O) groups excluding carboxylic acids is 1. The van der Waals surface area contributed by atoms with Crippen LogP contribution in [-0.2, 0) is 29.0 Å². The Kier molecular flexibility index (Phi) is 10.6. The second kappa shape index (κ2) is 15.3. The molecule has 0 bridgehead atoms. The van der Waals surface area contributed by atoms with Gasteiger partial charge in [-0.2, -0.15) is 0 Å². The lowest BCUT2D eigenvalue weighted by atomic mass is 9.96. The van der Waals surface area contributed by atoms with Gasteiger partial charge in [0.2, 0.25) is 11.8 Å². The van der Waals surface area contributed by atoms with Crippen molar-refractivity contribution in [1.82, 2.24) is 25.2 Å². The fourth-order valence-electron chi connectivity index (χ4n) is 7.36. The number of hydrogen-bond donors (Lipinski definition) is 2. The van der Waals surface area contributed by atoms with E-state index in [1.165, 1.54) is 0 Å². The zero-order valence-corrected chi connectivity index (χ0v) is 30.9. The predicted octanol–water partition coefficient (Wildman–Crippen LogP) is 8.29. The summed E-state index contributed by atoms with van der Waals surface area (Å²) in [7, 11) is 1.64. The Balaban J connectivity index is 1.13. The highest BCUT2D eigenvalue weighted by Gasteiger charge is 2.31. The summed E-state index contributed by atoms with van der Waals surface area (Å²) in [5.41, 5.74) is 7.75. The number of nitrogens with one attached hydrogen (secondary N) is 1. The van der Waals surface area contributed by atoms with E-state index in [0.29, 0.717) is 47.4 Å². The van der Waals surface area contributed by atoms with Gasteiger partial charge in [0.25, 0.3) is 0 Å². The molecule has 0 aliphatic carbocycles. The van der Waals surface area contributed by atoms with Crippen molar-refractivity contribution in [2.75, 3.05) is 13.7 Å².